The molecule has 0 aliphatic heterocycles. The number of ether oxygens (including phenoxy) is 1. The van der Waals surface area contributed by atoms with E-state index < -0.39 is 5.97 Å². The van der Waals surface area contributed by atoms with Crippen molar-refractivity contribution in [3.8, 4) is 11.3 Å². The van der Waals surface area contributed by atoms with E-state index in [-0.39, 0.29) is 18.9 Å². The number of amides is 1. The Morgan fingerprint density at radius 3 is 2.59 bits per heavy atom. The summed E-state index contributed by atoms with van der Waals surface area (Å²) in [6, 6.07) is 7.92. The molecule has 0 unspecified atom stereocenters. The highest BCUT2D eigenvalue weighted by atomic mass is 16.5. The number of hydrogen-bond donors (Lipinski definition) is 0. The van der Waals surface area contributed by atoms with Crippen molar-refractivity contribution in [2.45, 2.75) is 33.6 Å². The van der Waals surface area contributed by atoms with Crippen LogP contribution in [0.4, 0.5) is 0 Å². The zero-order valence-corrected chi connectivity index (χ0v) is 16.2. The van der Waals surface area contributed by atoms with Crippen LogP contribution >= 0.6 is 0 Å². The summed E-state index contributed by atoms with van der Waals surface area (Å²) in [5.74, 6) is 0.440. The van der Waals surface area contributed by atoms with Crippen LogP contribution in [0.2, 0.25) is 0 Å². The average molecular weight is 370 g/mol. The van der Waals surface area contributed by atoms with E-state index in [4.69, 9.17) is 9.15 Å². The van der Waals surface area contributed by atoms with Crippen molar-refractivity contribution >= 4 is 11.9 Å². The van der Waals surface area contributed by atoms with E-state index in [2.05, 4.69) is 11.6 Å². The van der Waals surface area contributed by atoms with Crippen LogP contribution in [0, 0.1) is 6.92 Å². The van der Waals surface area contributed by atoms with Gasteiger partial charge in [0.2, 0.25) is 0 Å². The van der Waals surface area contributed by atoms with Gasteiger partial charge in [-0.3, -0.25) is 9.59 Å². The van der Waals surface area contributed by atoms with E-state index in [1.807, 2.05) is 45.0 Å². The molecule has 0 N–H and O–H groups in total. The van der Waals surface area contributed by atoms with E-state index in [1.165, 1.54) is 5.56 Å². The van der Waals surface area contributed by atoms with Gasteiger partial charge in [-0.1, -0.05) is 42.0 Å². The highest BCUT2D eigenvalue weighted by Gasteiger charge is 2.15. The molecule has 6 nitrogen and oxygen atoms in total. The molecule has 1 heterocycles. The molecule has 2 rings (SSSR count). The number of esters is 1. The van der Waals surface area contributed by atoms with Crippen LogP contribution in [0.1, 0.15) is 31.7 Å². The van der Waals surface area contributed by atoms with Gasteiger partial charge in [0.15, 0.2) is 18.3 Å². The first-order valence-corrected chi connectivity index (χ1v) is 8.98. The molecule has 1 aromatic heterocycles. The molecule has 27 heavy (non-hydrogen) atoms. The van der Waals surface area contributed by atoms with Crippen LogP contribution in [0.5, 0.6) is 0 Å². The molecule has 0 saturated heterocycles. The molecule has 1 aromatic carbocycles. The molecular formula is C21H26N2O4. The molecule has 1 amide bonds. The summed E-state index contributed by atoms with van der Waals surface area (Å²) < 4.78 is 10.7. The van der Waals surface area contributed by atoms with Crippen molar-refractivity contribution in [3.63, 3.8) is 0 Å². The third kappa shape index (κ3) is 6.40. The summed E-state index contributed by atoms with van der Waals surface area (Å²) in [6.45, 7) is 10.3. The molecule has 0 radical (unpaired) electrons. The second-order valence-electron chi connectivity index (χ2n) is 6.51. The zero-order chi connectivity index (χ0) is 19.8. The van der Waals surface area contributed by atoms with Crippen molar-refractivity contribution < 1.29 is 18.7 Å². The number of benzene rings is 1. The minimum absolute atomic E-state index is 0.105. The van der Waals surface area contributed by atoms with Crippen molar-refractivity contribution in [1.82, 2.24) is 9.88 Å². The number of likely N-dealkylation sites (N-methyl/N-ethyl adjacent to an activating group) is 1. The Hall–Kier alpha value is -2.89. The molecule has 0 bridgehead atoms. The van der Waals surface area contributed by atoms with Gasteiger partial charge >= 0.3 is 5.97 Å². The van der Waals surface area contributed by atoms with E-state index >= 15 is 0 Å². The third-order valence-electron chi connectivity index (χ3n) is 3.98. The maximum Gasteiger partial charge on any atom is 0.306 e. The molecule has 6 heteroatoms. The predicted molar refractivity (Wildman–Crippen MR) is 103 cm³/mol. The fraction of sp³-hybridized carbons (Fsp3) is 0.381. The van der Waals surface area contributed by atoms with Crippen LogP contribution in [0.15, 0.2) is 47.0 Å². The maximum atomic E-state index is 12.0. The van der Waals surface area contributed by atoms with Gasteiger partial charge in [0.1, 0.15) is 0 Å². The Bertz CT molecular complexity index is 793. The van der Waals surface area contributed by atoms with E-state index in [0.717, 1.165) is 11.1 Å². The van der Waals surface area contributed by atoms with E-state index in [1.54, 1.807) is 11.1 Å². The quantitative estimate of drug-likeness (QED) is 0.498. The van der Waals surface area contributed by atoms with Crippen molar-refractivity contribution in [2.24, 2.45) is 0 Å². The summed E-state index contributed by atoms with van der Waals surface area (Å²) in [4.78, 5) is 29.7. The number of oxazole rings is 1. The number of aromatic nitrogens is 1. The first-order chi connectivity index (χ1) is 12.9. The summed E-state index contributed by atoms with van der Waals surface area (Å²) in [6.07, 6.45) is 2.07. The Balaban J connectivity index is 1.79. The SMILES string of the molecule is C=C(C)CN(CC)C(=O)COC(=O)CCc1ncc(-c2ccc(C)cc2)o1. The molecule has 0 atom stereocenters. The van der Waals surface area contributed by atoms with Gasteiger partial charge in [-0.05, 0) is 20.8 Å². The van der Waals surface area contributed by atoms with Crippen LogP contribution in [-0.4, -0.2) is 41.5 Å². The highest BCUT2D eigenvalue weighted by molar-refractivity contribution is 5.80. The number of hydrogen-bond acceptors (Lipinski definition) is 5. The first kappa shape index (κ1) is 20.4. The molecule has 0 spiro atoms. The molecule has 144 valence electrons. The Labute approximate surface area is 159 Å². The lowest BCUT2D eigenvalue weighted by molar-refractivity contribution is -0.151. The second kappa shape index (κ2) is 9.71. The van der Waals surface area contributed by atoms with E-state index in [9.17, 15) is 9.59 Å². The topological polar surface area (TPSA) is 72.6 Å². The monoisotopic (exact) mass is 370 g/mol. The average Bonchev–Trinajstić information content (AvgIpc) is 3.11. The second-order valence-corrected chi connectivity index (χ2v) is 6.51. The first-order valence-electron chi connectivity index (χ1n) is 8.98. The lowest BCUT2D eigenvalue weighted by atomic mass is 10.1. The van der Waals surface area contributed by atoms with Gasteiger partial charge in [0.25, 0.3) is 5.91 Å². The third-order valence-corrected chi connectivity index (χ3v) is 3.98. The summed E-state index contributed by atoms with van der Waals surface area (Å²) >= 11 is 0. The van der Waals surface area contributed by atoms with Gasteiger partial charge in [-0.2, -0.15) is 0 Å². The molecule has 0 saturated carbocycles. The maximum absolute atomic E-state index is 12.0. The van der Waals surface area contributed by atoms with Crippen molar-refractivity contribution in [1.29, 1.82) is 0 Å². The molecule has 0 aliphatic rings. The van der Waals surface area contributed by atoms with Gasteiger partial charge < -0.3 is 14.1 Å². The normalized spacial score (nSPS) is 10.5. The number of aryl methyl sites for hydroxylation is 2. The number of carbonyl (C=O) groups excluding carboxylic acids is 2. The fourth-order valence-electron chi connectivity index (χ4n) is 2.49. The largest absolute Gasteiger partial charge is 0.456 e. The molecular weight excluding hydrogens is 344 g/mol. The lowest BCUT2D eigenvalue weighted by Crippen LogP contribution is -2.35. The van der Waals surface area contributed by atoms with Crippen molar-refractivity contribution in [3.05, 3.63) is 54.1 Å². The number of nitrogens with zero attached hydrogens (tertiary/aromatic N) is 2. The molecule has 0 aliphatic carbocycles. The Morgan fingerprint density at radius 1 is 1.26 bits per heavy atom. The standard InChI is InChI=1S/C21H26N2O4/c1-5-23(13-15(2)3)20(24)14-26-21(25)11-10-19-22-12-18(27-19)17-8-6-16(4)7-9-17/h6-9,12H,2,5,10-11,13-14H2,1,3-4H3. The predicted octanol–water partition coefficient (Wildman–Crippen LogP) is 3.55. The Morgan fingerprint density at radius 2 is 1.96 bits per heavy atom. The lowest BCUT2D eigenvalue weighted by Gasteiger charge is -2.20. The van der Waals surface area contributed by atoms with Crippen molar-refractivity contribution in [2.75, 3.05) is 19.7 Å². The minimum atomic E-state index is -0.454. The highest BCUT2D eigenvalue weighted by Crippen LogP contribution is 2.21. The van der Waals surface area contributed by atoms with Crippen LogP contribution < -0.4 is 0 Å². The zero-order valence-electron chi connectivity index (χ0n) is 16.2. The van der Waals surface area contributed by atoms with Gasteiger partial charge in [-0.25, -0.2) is 4.98 Å². The fourth-order valence-corrected chi connectivity index (χ4v) is 2.49. The summed E-state index contributed by atoms with van der Waals surface area (Å²) in [5, 5.41) is 0. The van der Waals surface area contributed by atoms with Crippen LogP contribution in [0.25, 0.3) is 11.3 Å². The summed E-state index contributed by atoms with van der Waals surface area (Å²) in [5.41, 5.74) is 2.98. The Kier molecular flexibility index (Phi) is 7.34. The smallest absolute Gasteiger partial charge is 0.306 e. The number of carbonyl (C=O) groups is 2. The van der Waals surface area contributed by atoms with Gasteiger partial charge in [-0.15, -0.1) is 0 Å². The van der Waals surface area contributed by atoms with Crippen LogP contribution in [0.3, 0.4) is 0 Å². The molecule has 0 fully saturated rings. The molecule has 2 aromatic rings. The van der Waals surface area contributed by atoms with E-state index in [0.29, 0.717) is 31.2 Å². The van der Waals surface area contributed by atoms with Crippen LogP contribution in [-0.2, 0) is 20.7 Å². The van der Waals surface area contributed by atoms with Gasteiger partial charge in [0.05, 0.1) is 12.6 Å². The van der Waals surface area contributed by atoms with Gasteiger partial charge in [0, 0.05) is 25.1 Å². The number of rotatable bonds is 9. The summed E-state index contributed by atoms with van der Waals surface area (Å²) in [7, 11) is 0. The minimum Gasteiger partial charge on any atom is -0.456 e.